The lowest BCUT2D eigenvalue weighted by atomic mass is 9.95. The van der Waals surface area contributed by atoms with Crippen molar-refractivity contribution in [2.45, 2.75) is 12.3 Å². The molecule has 0 aliphatic rings. The summed E-state index contributed by atoms with van der Waals surface area (Å²) in [7, 11) is 0. The van der Waals surface area contributed by atoms with Crippen LogP contribution < -0.4 is 0 Å². The summed E-state index contributed by atoms with van der Waals surface area (Å²) in [5.41, 5.74) is 1.55. The van der Waals surface area contributed by atoms with Crippen molar-refractivity contribution in [3.05, 3.63) is 48.7 Å². The third-order valence-corrected chi connectivity index (χ3v) is 2.58. The van der Waals surface area contributed by atoms with Gasteiger partial charge < -0.3 is 9.52 Å². The first-order valence-electron chi connectivity index (χ1n) is 5.03. The minimum absolute atomic E-state index is 0.429. The fraction of sp³-hybridized carbons (Fsp3) is 0.154. The van der Waals surface area contributed by atoms with Crippen LogP contribution in [0.4, 0.5) is 0 Å². The Hall–Kier alpha value is -2.03. The van der Waals surface area contributed by atoms with Crippen LogP contribution in [0.5, 0.6) is 0 Å². The monoisotopic (exact) mass is 216 g/mol. The summed E-state index contributed by atoms with van der Waals surface area (Å²) in [6.45, 7) is 3.58. The molecule has 0 radical (unpaired) electrons. The van der Waals surface area contributed by atoms with E-state index < -0.39 is 11.9 Å². The van der Waals surface area contributed by atoms with Gasteiger partial charge in [0.1, 0.15) is 5.58 Å². The molecule has 1 atom stereocenters. The van der Waals surface area contributed by atoms with Crippen molar-refractivity contribution < 1.29 is 14.3 Å². The molecule has 0 unspecified atom stereocenters. The van der Waals surface area contributed by atoms with Gasteiger partial charge in [0.25, 0.3) is 0 Å². The van der Waals surface area contributed by atoms with E-state index in [1.165, 1.54) is 0 Å². The maximum atomic E-state index is 11.1. The third-order valence-electron chi connectivity index (χ3n) is 2.58. The van der Waals surface area contributed by atoms with Gasteiger partial charge in [-0.25, -0.2) is 0 Å². The second-order valence-corrected chi connectivity index (χ2v) is 3.63. The Labute approximate surface area is 93.0 Å². The first kappa shape index (κ1) is 10.5. The average Bonchev–Trinajstić information content (AvgIpc) is 2.72. The molecule has 0 bridgehead atoms. The lowest BCUT2D eigenvalue weighted by Gasteiger charge is -2.09. The fourth-order valence-corrected chi connectivity index (χ4v) is 1.75. The van der Waals surface area contributed by atoms with Crippen LogP contribution in [0.1, 0.15) is 17.9 Å². The number of allylic oxidation sites excluding steroid dienone is 1. The van der Waals surface area contributed by atoms with Crippen LogP contribution in [0, 0.1) is 0 Å². The molecule has 0 fully saturated rings. The van der Waals surface area contributed by atoms with Crippen LogP contribution in [-0.2, 0) is 4.79 Å². The Bertz CT molecular complexity index is 525. The van der Waals surface area contributed by atoms with Crippen LogP contribution in [-0.4, -0.2) is 11.1 Å². The predicted octanol–water partition coefficient (Wildman–Crippen LogP) is 3.18. The summed E-state index contributed by atoms with van der Waals surface area (Å²) in [4.78, 5) is 11.1. The maximum Gasteiger partial charge on any atom is 0.311 e. The zero-order valence-corrected chi connectivity index (χ0v) is 8.72. The number of carboxylic acid groups (broad SMARTS) is 1. The molecule has 3 nitrogen and oxygen atoms in total. The Morgan fingerprint density at radius 2 is 2.31 bits per heavy atom. The standard InChI is InChI=1S/C13H12O3/c1-2-3-11(13(14)15)9-4-5-12-10(8-9)6-7-16-12/h2,4-8,11H,1,3H2,(H,14,15)/t11-/m0/s1. The average molecular weight is 216 g/mol. The zero-order chi connectivity index (χ0) is 11.5. The van der Waals surface area contributed by atoms with Crippen LogP contribution in [0.3, 0.4) is 0 Å². The van der Waals surface area contributed by atoms with E-state index in [0.29, 0.717) is 6.42 Å². The largest absolute Gasteiger partial charge is 0.481 e. The molecule has 16 heavy (non-hydrogen) atoms. The van der Waals surface area contributed by atoms with E-state index in [2.05, 4.69) is 6.58 Å². The van der Waals surface area contributed by atoms with E-state index >= 15 is 0 Å². The Morgan fingerprint density at radius 1 is 1.50 bits per heavy atom. The van der Waals surface area contributed by atoms with E-state index in [0.717, 1.165) is 16.5 Å². The van der Waals surface area contributed by atoms with Crippen molar-refractivity contribution in [2.75, 3.05) is 0 Å². The number of rotatable bonds is 4. The van der Waals surface area contributed by atoms with E-state index in [-0.39, 0.29) is 0 Å². The highest BCUT2D eigenvalue weighted by molar-refractivity contribution is 5.82. The molecule has 0 aliphatic heterocycles. The van der Waals surface area contributed by atoms with Crippen LogP contribution in [0.15, 0.2) is 47.6 Å². The molecule has 1 N–H and O–H groups in total. The molecule has 3 heteroatoms. The van der Waals surface area contributed by atoms with Crippen LogP contribution in [0.2, 0.25) is 0 Å². The van der Waals surface area contributed by atoms with E-state index in [9.17, 15) is 4.79 Å². The molecule has 2 rings (SSSR count). The summed E-state index contributed by atoms with van der Waals surface area (Å²) in [5.74, 6) is -1.36. The van der Waals surface area contributed by atoms with Gasteiger partial charge in [-0.05, 0) is 30.2 Å². The topological polar surface area (TPSA) is 50.4 Å². The molecule has 1 aromatic carbocycles. The van der Waals surface area contributed by atoms with Gasteiger partial charge in [0.2, 0.25) is 0 Å². The number of fused-ring (bicyclic) bond motifs is 1. The Balaban J connectivity index is 2.43. The first-order chi connectivity index (χ1) is 7.72. The van der Waals surface area contributed by atoms with Crippen molar-refractivity contribution in [3.8, 4) is 0 Å². The first-order valence-corrected chi connectivity index (χ1v) is 5.03. The quantitative estimate of drug-likeness (QED) is 0.798. The molecule has 0 saturated heterocycles. The molecule has 0 amide bonds. The highest BCUT2D eigenvalue weighted by Gasteiger charge is 2.18. The molecule has 0 saturated carbocycles. The van der Waals surface area contributed by atoms with E-state index in [1.54, 1.807) is 24.5 Å². The number of hydrogen-bond acceptors (Lipinski definition) is 2. The number of furan rings is 1. The van der Waals surface area contributed by atoms with Gasteiger partial charge in [-0.3, -0.25) is 4.79 Å². The van der Waals surface area contributed by atoms with E-state index in [1.807, 2.05) is 12.1 Å². The van der Waals surface area contributed by atoms with Crippen molar-refractivity contribution in [3.63, 3.8) is 0 Å². The van der Waals surface area contributed by atoms with Gasteiger partial charge in [-0.2, -0.15) is 0 Å². The van der Waals surface area contributed by atoms with Gasteiger partial charge in [-0.1, -0.05) is 12.1 Å². The molecular weight excluding hydrogens is 204 g/mol. The molecule has 0 spiro atoms. The lowest BCUT2D eigenvalue weighted by molar-refractivity contribution is -0.138. The second-order valence-electron chi connectivity index (χ2n) is 3.63. The van der Waals surface area contributed by atoms with Crippen molar-refractivity contribution in [1.82, 2.24) is 0 Å². The summed E-state index contributed by atoms with van der Waals surface area (Å²) in [6, 6.07) is 7.25. The highest BCUT2D eigenvalue weighted by Crippen LogP contribution is 2.25. The Kier molecular flexibility index (Phi) is 2.77. The number of carboxylic acids is 1. The van der Waals surface area contributed by atoms with Crippen molar-refractivity contribution >= 4 is 16.9 Å². The molecule has 82 valence electrons. The third kappa shape index (κ3) is 1.84. The van der Waals surface area contributed by atoms with Gasteiger partial charge in [-0.15, -0.1) is 6.58 Å². The lowest BCUT2D eigenvalue weighted by Crippen LogP contribution is -2.10. The number of benzene rings is 1. The SMILES string of the molecule is C=CC[C@H](C(=O)O)c1ccc2occc2c1. The molecule has 1 aromatic heterocycles. The summed E-state index contributed by atoms with van der Waals surface area (Å²) >= 11 is 0. The normalized spacial score (nSPS) is 12.5. The summed E-state index contributed by atoms with van der Waals surface area (Å²) in [5, 5.41) is 10.0. The van der Waals surface area contributed by atoms with Gasteiger partial charge in [0.05, 0.1) is 12.2 Å². The minimum Gasteiger partial charge on any atom is -0.481 e. The Morgan fingerprint density at radius 3 is 3.00 bits per heavy atom. The molecule has 0 aliphatic carbocycles. The summed E-state index contributed by atoms with van der Waals surface area (Å²) in [6.07, 6.45) is 3.65. The van der Waals surface area contributed by atoms with E-state index in [4.69, 9.17) is 9.52 Å². The number of carbonyl (C=O) groups is 1. The summed E-state index contributed by atoms with van der Waals surface area (Å²) < 4.78 is 5.21. The van der Waals surface area contributed by atoms with Crippen molar-refractivity contribution in [2.24, 2.45) is 0 Å². The van der Waals surface area contributed by atoms with Crippen molar-refractivity contribution in [1.29, 1.82) is 0 Å². The highest BCUT2D eigenvalue weighted by atomic mass is 16.4. The van der Waals surface area contributed by atoms with Gasteiger partial charge >= 0.3 is 5.97 Å². The second kappa shape index (κ2) is 4.23. The van der Waals surface area contributed by atoms with Crippen LogP contribution >= 0.6 is 0 Å². The van der Waals surface area contributed by atoms with Gasteiger partial charge in [0, 0.05) is 5.39 Å². The number of aliphatic carboxylic acids is 1. The predicted molar refractivity (Wildman–Crippen MR) is 61.4 cm³/mol. The van der Waals surface area contributed by atoms with Gasteiger partial charge in [0.15, 0.2) is 0 Å². The minimum atomic E-state index is -0.831. The smallest absolute Gasteiger partial charge is 0.311 e. The molecule has 2 aromatic rings. The number of hydrogen-bond donors (Lipinski definition) is 1. The molecular formula is C13H12O3. The molecule has 1 heterocycles. The van der Waals surface area contributed by atoms with Crippen LogP contribution in [0.25, 0.3) is 11.0 Å². The zero-order valence-electron chi connectivity index (χ0n) is 8.72. The fourth-order valence-electron chi connectivity index (χ4n) is 1.75. The maximum absolute atomic E-state index is 11.1.